The molecular formula is C13H13N5O. The van der Waals surface area contributed by atoms with E-state index in [9.17, 15) is 0 Å². The summed E-state index contributed by atoms with van der Waals surface area (Å²) in [4.78, 5) is 10.6. The molecule has 1 atom stereocenters. The van der Waals surface area contributed by atoms with Crippen LogP contribution in [0.1, 0.15) is 0 Å². The van der Waals surface area contributed by atoms with E-state index in [2.05, 4.69) is 16.0 Å². The molecule has 2 N–H and O–H groups in total. The van der Waals surface area contributed by atoms with Gasteiger partial charge in [0.25, 0.3) is 0 Å². The Balaban J connectivity index is 2.05. The Kier molecular flexibility index (Phi) is 2.89. The molecule has 19 heavy (non-hydrogen) atoms. The highest BCUT2D eigenvalue weighted by molar-refractivity contribution is 5.91. The van der Waals surface area contributed by atoms with Crippen molar-refractivity contribution in [3.05, 3.63) is 24.5 Å². The minimum absolute atomic E-state index is 0.417. The zero-order valence-corrected chi connectivity index (χ0v) is 10.3. The number of rotatable bonds is 1. The van der Waals surface area contributed by atoms with E-state index in [0.717, 1.165) is 16.7 Å². The summed E-state index contributed by atoms with van der Waals surface area (Å²) >= 11 is 0. The zero-order valence-electron chi connectivity index (χ0n) is 10.3. The number of hydrogen-bond acceptors (Lipinski definition) is 6. The molecule has 0 spiro atoms. The average Bonchev–Trinajstić information content (AvgIpc) is 2.46. The summed E-state index contributed by atoms with van der Waals surface area (Å²) in [5.74, 6) is 0.806. The van der Waals surface area contributed by atoms with Crippen molar-refractivity contribution in [2.45, 2.75) is 6.10 Å². The first-order valence-electron chi connectivity index (χ1n) is 6.04. The van der Waals surface area contributed by atoms with Crippen LogP contribution >= 0.6 is 0 Å². The van der Waals surface area contributed by atoms with Gasteiger partial charge < -0.3 is 15.4 Å². The molecule has 1 aromatic heterocycles. The van der Waals surface area contributed by atoms with E-state index in [4.69, 9.17) is 15.7 Å². The number of nitriles is 1. The fourth-order valence-electron chi connectivity index (χ4n) is 2.23. The summed E-state index contributed by atoms with van der Waals surface area (Å²) in [7, 11) is 0. The number of nitrogens with two attached hydrogens (primary N) is 1. The van der Waals surface area contributed by atoms with E-state index >= 15 is 0 Å². The van der Waals surface area contributed by atoms with Crippen molar-refractivity contribution >= 4 is 22.4 Å². The molecule has 3 rings (SSSR count). The molecule has 96 valence electrons. The quantitative estimate of drug-likeness (QED) is 0.763. The normalized spacial score (nSPS) is 19.3. The van der Waals surface area contributed by atoms with Crippen molar-refractivity contribution in [2.24, 2.45) is 0 Å². The topological polar surface area (TPSA) is 88.1 Å². The minimum atomic E-state index is -0.417. The Morgan fingerprint density at radius 2 is 2.32 bits per heavy atom. The Bertz CT molecular complexity index is 651. The number of nitrogen functional groups attached to an aromatic ring is 1. The molecule has 0 radical (unpaired) electrons. The molecule has 1 aromatic carbocycles. The number of morpholine rings is 1. The maximum atomic E-state index is 8.96. The van der Waals surface area contributed by atoms with Crippen molar-refractivity contribution in [1.29, 1.82) is 5.26 Å². The highest BCUT2D eigenvalue weighted by Gasteiger charge is 2.22. The first-order chi connectivity index (χ1) is 9.28. The van der Waals surface area contributed by atoms with Crippen LogP contribution in [-0.4, -0.2) is 35.8 Å². The standard InChI is InChI=1S/C13H13N5O/c14-6-10-7-18(3-4-19-10)13-11-5-9(15)1-2-12(11)16-8-17-13/h1-2,5,8,10H,3-4,7,15H2. The van der Waals surface area contributed by atoms with Crippen molar-refractivity contribution < 1.29 is 4.74 Å². The average molecular weight is 255 g/mol. The number of anilines is 2. The van der Waals surface area contributed by atoms with Gasteiger partial charge in [-0.25, -0.2) is 9.97 Å². The van der Waals surface area contributed by atoms with Crippen LogP contribution < -0.4 is 10.6 Å². The van der Waals surface area contributed by atoms with Gasteiger partial charge in [0.15, 0.2) is 6.10 Å². The van der Waals surface area contributed by atoms with Gasteiger partial charge in [-0.15, -0.1) is 0 Å². The van der Waals surface area contributed by atoms with Crippen LogP contribution in [0, 0.1) is 11.3 Å². The first-order valence-corrected chi connectivity index (χ1v) is 6.04. The summed E-state index contributed by atoms with van der Waals surface area (Å²) in [5.41, 5.74) is 7.35. The number of ether oxygens (including phenoxy) is 1. The lowest BCUT2D eigenvalue weighted by Crippen LogP contribution is -2.42. The number of benzene rings is 1. The second-order valence-electron chi connectivity index (χ2n) is 4.41. The molecular weight excluding hydrogens is 242 g/mol. The van der Waals surface area contributed by atoms with E-state index < -0.39 is 6.10 Å². The van der Waals surface area contributed by atoms with Gasteiger partial charge in [-0.3, -0.25) is 0 Å². The molecule has 0 aliphatic carbocycles. The summed E-state index contributed by atoms with van der Waals surface area (Å²) < 4.78 is 5.34. The Labute approximate surface area is 110 Å². The second kappa shape index (κ2) is 4.71. The van der Waals surface area contributed by atoms with E-state index in [0.29, 0.717) is 25.4 Å². The Morgan fingerprint density at radius 1 is 1.42 bits per heavy atom. The minimum Gasteiger partial charge on any atom is -0.399 e. The fraction of sp³-hybridized carbons (Fsp3) is 0.308. The van der Waals surface area contributed by atoms with Crippen LogP contribution in [-0.2, 0) is 4.74 Å². The molecule has 6 heteroatoms. The zero-order chi connectivity index (χ0) is 13.2. The molecule has 6 nitrogen and oxygen atoms in total. The summed E-state index contributed by atoms with van der Waals surface area (Å²) in [6.45, 7) is 1.74. The fourth-order valence-corrected chi connectivity index (χ4v) is 2.23. The summed E-state index contributed by atoms with van der Waals surface area (Å²) in [6, 6.07) is 7.68. The third-order valence-corrected chi connectivity index (χ3v) is 3.15. The molecule has 2 heterocycles. The van der Waals surface area contributed by atoms with Gasteiger partial charge in [0.1, 0.15) is 12.1 Å². The molecule has 1 fully saturated rings. The van der Waals surface area contributed by atoms with Crippen LogP contribution in [0.3, 0.4) is 0 Å². The number of aromatic nitrogens is 2. The van der Waals surface area contributed by atoms with Crippen molar-refractivity contribution in [2.75, 3.05) is 30.3 Å². The van der Waals surface area contributed by atoms with Crippen molar-refractivity contribution in [3.8, 4) is 6.07 Å². The maximum absolute atomic E-state index is 8.96. The lowest BCUT2D eigenvalue weighted by atomic mass is 10.2. The van der Waals surface area contributed by atoms with Gasteiger partial charge in [-0.05, 0) is 18.2 Å². The third kappa shape index (κ3) is 2.16. The van der Waals surface area contributed by atoms with Crippen LogP contribution in [0.25, 0.3) is 10.9 Å². The lowest BCUT2D eigenvalue weighted by molar-refractivity contribution is 0.0762. The Hall–Kier alpha value is -2.39. The van der Waals surface area contributed by atoms with Gasteiger partial charge in [0.05, 0.1) is 24.7 Å². The predicted molar refractivity (Wildman–Crippen MR) is 71.5 cm³/mol. The molecule has 0 bridgehead atoms. The molecule has 0 amide bonds. The first kappa shape index (κ1) is 11.7. The van der Waals surface area contributed by atoms with E-state index in [1.807, 2.05) is 23.1 Å². The van der Waals surface area contributed by atoms with Crippen molar-refractivity contribution in [1.82, 2.24) is 9.97 Å². The molecule has 1 saturated heterocycles. The SMILES string of the molecule is N#CC1CN(c2ncnc3ccc(N)cc23)CCO1. The van der Waals surface area contributed by atoms with E-state index in [-0.39, 0.29) is 0 Å². The van der Waals surface area contributed by atoms with Gasteiger partial charge in [0, 0.05) is 17.6 Å². The number of fused-ring (bicyclic) bond motifs is 1. The largest absolute Gasteiger partial charge is 0.399 e. The van der Waals surface area contributed by atoms with Crippen molar-refractivity contribution in [3.63, 3.8) is 0 Å². The smallest absolute Gasteiger partial charge is 0.161 e. The molecule has 2 aromatic rings. The lowest BCUT2D eigenvalue weighted by Gasteiger charge is -2.31. The molecule has 1 unspecified atom stereocenters. The van der Waals surface area contributed by atoms with Gasteiger partial charge in [0.2, 0.25) is 0 Å². The number of hydrogen-bond donors (Lipinski definition) is 1. The third-order valence-electron chi connectivity index (χ3n) is 3.15. The maximum Gasteiger partial charge on any atom is 0.161 e. The Morgan fingerprint density at radius 3 is 3.16 bits per heavy atom. The number of nitrogens with zero attached hydrogens (tertiary/aromatic N) is 4. The highest BCUT2D eigenvalue weighted by Crippen LogP contribution is 2.26. The van der Waals surface area contributed by atoms with Crippen LogP contribution in [0.5, 0.6) is 0 Å². The predicted octanol–water partition coefficient (Wildman–Crippen LogP) is 0.941. The van der Waals surface area contributed by atoms with Crippen LogP contribution in [0.15, 0.2) is 24.5 Å². The van der Waals surface area contributed by atoms with Gasteiger partial charge in [-0.1, -0.05) is 0 Å². The summed E-state index contributed by atoms with van der Waals surface area (Å²) in [5, 5.41) is 9.86. The van der Waals surface area contributed by atoms with Crippen LogP contribution in [0.4, 0.5) is 11.5 Å². The van der Waals surface area contributed by atoms with E-state index in [1.54, 1.807) is 0 Å². The van der Waals surface area contributed by atoms with Gasteiger partial charge >= 0.3 is 0 Å². The van der Waals surface area contributed by atoms with E-state index in [1.165, 1.54) is 6.33 Å². The monoisotopic (exact) mass is 255 g/mol. The molecule has 1 aliphatic rings. The molecule has 0 saturated carbocycles. The highest BCUT2D eigenvalue weighted by atomic mass is 16.5. The molecule has 1 aliphatic heterocycles. The van der Waals surface area contributed by atoms with Gasteiger partial charge in [-0.2, -0.15) is 5.26 Å². The van der Waals surface area contributed by atoms with Crippen LogP contribution in [0.2, 0.25) is 0 Å². The summed E-state index contributed by atoms with van der Waals surface area (Å²) in [6.07, 6.45) is 1.12. The second-order valence-corrected chi connectivity index (χ2v) is 4.41.